The van der Waals surface area contributed by atoms with Crippen LogP contribution in [-0.4, -0.2) is 16.2 Å². The van der Waals surface area contributed by atoms with Crippen molar-refractivity contribution >= 4 is 21.9 Å². The van der Waals surface area contributed by atoms with Gasteiger partial charge in [-0.05, 0) is 27.6 Å². The van der Waals surface area contributed by atoms with Crippen LogP contribution >= 0.6 is 15.9 Å². The monoisotopic (exact) mass is 255 g/mol. The first-order valence-electron chi connectivity index (χ1n) is 3.68. The zero-order valence-electron chi connectivity index (χ0n) is 6.99. The van der Waals surface area contributed by atoms with E-state index in [1.807, 2.05) is 6.07 Å². The summed E-state index contributed by atoms with van der Waals surface area (Å²) in [6.45, 7) is 0. The van der Waals surface area contributed by atoms with Gasteiger partial charge < -0.3 is 10.2 Å². The maximum absolute atomic E-state index is 10.4. The molecule has 0 aromatic heterocycles. The molecule has 0 aliphatic heterocycles. The second-order valence-electron chi connectivity index (χ2n) is 2.62. The summed E-state index contributed by atoms with van der Waals surface area (Å²) in [5.41, 5.74) is 0.539. The van der Waals surface area contributed by atoms with Gasteiger partial charge in [-0.15, -0.1) is 0 Å². The number of benzene rings is 1. The van der Waals surface area contributed by atoms with Crippen LogP contribution in [0.25, 0.3) is 0 Å². The van der Waals surface area contributed by atoms with Crippen molar-refractivity contribution in [3.8, 4) is 11.8 Å². The summed E-state index contributed by atoms with van der Waals surface area (Å²) < 4.78 is 0.235. The molecule has 1 rings (SSSR count). The van der Waals surface area contributed by atoms with Gasteiger partial charge in [0.05, 0.1) is 16.5 Å². The molecule has 0 saturated heterocycles. The molecule has 0 atom stereocenters. The third-order valence-corrected chi connectivity index (χ3v) is 2.46. The predicted molar refractivity (Wildman–Crippen MR) is 51.9 cm³/mol. The van der Waals surface area contributed by atoms with E-state index in [1.165, 1.54) is 12.1 Å². The number of aromatic hydroxyl groups is 1. The minimum Gasteiger partial charge on any atom is -0.507 e. The lowest BCUT2D eigenvalue weighted by atomic mass is 10.1. The second kappa shape index (κ2) is 4.11. The van der Waals surface area contributed by atoms with Crippen LogP contribution < -0.4 is 0 Å². The Bertz CT molecular complexity index is 423. The van der Waals surface area contributed by atoms with Gasteiger partial charge in [-0.1, -0.05) is 6.07 Å². The fourth-order valence-electron chi connectivity index (χ4n) is 1.04. The number of nitriles is 1. The maximum atomic E-state index is 10.4. The largest absolute Gasteiger partial charge is 0.507 e. The quantitative estimate of drug-likeness (QED) is 0.842. The highest BCUT2D eigenvalue weighted by Crippen LogP contribution is 2.29. The fourth-order valence-corrected chi connectivity index (χ4v) is 1.51. The van der Waals surface area contributed by atoms with E-state index in [9.17, 15) is 9.90 Å². The van der Waals surface area contributed by atoms with Crippen molar-refractivity contribution in [3.63, 3.8) is 0 Å². The van der Waals surface area contributed by atoms with Gasteiger partial charge in [0.1, 0.15) is 11.8 Å². The highest BCUT2D eigenvalue weighted by atomic mass is 79.9. The third kappa shape index (κ3) is 2.03. The summed E-state index contributed by atoms with van der Waals surface area (Å²) in [6, 6.07) is 4.61. The molecule has 0 fully saturated rings. The Kier molecular flexibility index (Phi) is 3.10. The Labute approximate surface area is 88.5 Å². The highest BCUT2D eigenvalue weighted by molar-refractivity contribution is 9.10. The van der Waals surface area contributed by atoms with E-state index in [2.05, 4.69) is 15.9 Å². The number of carboxylic acid groups (broad SMARTS) is 1. The van der Waals surface area contributed by atoms with Gasteiger partial charge in [0.25, 0.3) is 0 Å². The van der Waals surface area contributed by atoms with E-state index in [4.69, 9.17) is 10.4 Å². The van der Waals surface area contributed by atoms with E-state index in [0.717, 1.165) is 0 Å². The molecular weight excluding hydrogens is 250 g/mol. The van der Waals surface area contributed by atoms with Crippen molar-refractivity contribution in [2.24, 2.45) is 0 Å². The van der Waals surface area contributed by atoms with Crippen molar-refractivity contribution < 1.29 is 15.0 Å². The first-order chi connectivity index (χ1) is 6.56. The second-order valence-corrected chi connectivity index (χ2v) is 3.41. The summed E-state index contributed by atoms with van der Waals surface area (Å²) in [5.74, 6) is -1.09. The fraction of sp³-hybridized carbons (Fsp3) is 0.111. The van der Waals surface area contributed by atoms with Crippen molar-refractivity contribution in [2.45, 2.75) is 6.42 Å². The number of phenolic OH excluding ortho intramolecular Hbond substituents is 1. The van der Waals surface area contributed by atoms with Crippen LogP contribution in [0.1, 0.15) is 11.1 Å². The highest BCUT2D eigenvalue weighted by Gasteiger charge is 2.12. The zero-order chi connectivity index (χ0) is 10.7. The Morgan fingerprint density at radius 3 is 2.71 bits per heavy atom. The molecule has 0 radical (unpaired) electrons. The molecular formula is C9H6BrNO3. The average Bonchev–Trinajstić information content (AvgIpc) is 2.11. The van der Waals surface area contributed by atoms with E-state index >= 15 is 0 Å². The van der Waals surface area contributed by atoms with Gasteiger partial charge in [-0.25, -0.2) is 0 Å². The van der Waals surface area contributed by atoms with Crippen LogP contribution in [0, 0.1) is 11.3 Å². The van der Waals surface area contributed by atoms with Crippen LogP contribution in [0.2, 0.25) is 0 Å². The minimum atomic E-state index is -1.01. The average molecular weight is 256 g/mol. The summed E-state index contributed by atoms with van der Waals surface area (Å²) in [5, 5.41) is 26.6. The van der Waals surface area contributed by atoms with Gasteiger partial charge in [0, 0.05) is 0 Å². The van der Waals surface area contributed by atoms with Crippen LogP contribution in [-0.2, 0) is 11.2 Å². The molecule has 14 heavy (non-hydrogen) atoms. The van der Waals surface area contributed by atoms with Gasteiger partial charge >= 0.3 is 5.97 Å². The molecule has 72 valence electrons. The number of phenols is 1. The lowest BCUT2D eigenvalue weighted by Gasteiger charge is -2.04. The molecule has 0 bridgehead atoms. The standard InChI is InChI=1S/C9H6BrNO3/c10-9-6(4-11)5(3-8(13)14)1-2-7(9)12/h1-2,12H,3H2,(H,13,14). The van der Waals surface area contributed by atoms with E-state index in [1.54, 1.807) is 0 Å². The molecule has 0 heterocycles. The van der Waals surface area contributed by atoms with Crippen molar-refractivity contribution in [3.05, 3.63) is 27.7 Å². The van der Waals surface area contributed by atoms with E-state index in [-0.39, 0.29) is 22.2 Å². The Morgan fingerprint density at radius 1 is 1.57 bits per heavy atom. The molecule has 2 N–H and O–H groups in total. The molecule has 4 nitrogen and oxygen atoms in total. The number of halogens is 1. The lowest BCUT2D eigenvalue weighted by Crippen LogP contribution is -2.02. The Hall–Kier alpha value is -1.54. The molecule has 0 spiro atoms. The van der Waals surface area contributed by atoms with E-state index < -0.39 is 5.97 Å². The lowest BCUT2D eigenvalue weighted by molar-refractivity contribution is -0.136. The number of rotatable bonds is 2. The predicted octanol–water partition coefficient (Wildman–Crippen LogP) is 1.65. The number of hydrogen-bond donors (Lipinski definition) is 2. The number of nitrogens with zero attached hydrogens (tertiary/aromatic N) is 1. The summed E-state index contributed by atoms with van der Waals surface area (Å²) in [6.07, 6.45) is -0.234. The smallest absolute Gasteiger partial charge is 0.307 e. The van der Waals surface area contributed by atoms with Crippen molar-refractivity contribution in [1.82, 2.24) is 0 Å². The summed E-state index contributed by atoms with van der Waals surface area (Å²) in [4.78, 5) is 10.4. The van der Waals surface area contributed by atoms with E-state index in [0.29, 0.717) is 5.56 Å². The van der Waals surface area contributed by atoms with Gasteiger partial charge in [-0.3, -0.25) is 4.79 Å². The number of carbonyl (C=O) groups is 1. The Balaban J connectivity index is 3.26. The van der Waals surface area contributed by atoms with Crippen LogP contribution in [0.4, 0.5) is 0 Å². The molecule has 0 aliphatic carbocycles. The molecule has 0 unspecified atom stereocenters. The van der Waals surface area contributed by atoms with Crippen LogP contribution in [0.15, 0.2) is 16.6 Å². The van der Waals surface area contributed by atoms with Crippen molar-refractivity contribution in [1.29, 1.82) is 5.26 Å². The minimum absolute atomic E-state index is 0.0734. The zero-order valence-corrected chi connectivity index (χ0v) is 8.58. The molecule has 0 aliphatic rings. The van der Waals surface area contributed by atoms with Gasteiger partial charge in [0.2, 0.25) is 0 Å². The molecule has 0 saturated carbocycles. The van der Waals surface area contributed by atoms with Gasteiger partial charge in [0.15, 0.2) is 0 Å². The first kappa shape index (κ1) is 10.5. The normalized spacial score (nSPS) is 9.43. The van der Waals surface area contributed by atoms with Crippen LogP contribution in [0.3, 0.4) is 0 Å². The Morgan fingerprint density at radius 2 is 2.21 bits per heavy atom. The molecule has 5 heteroatoms. The molecule has 0 amide bonds. The number of aliphatic carboxylic acids is 1. The topological polar surface area (TPSA) is 81.3 Å². The number of carboxylic acids is 1. The first-order valence-corrected chi connectivity index (χ1v) is 4.47. The molecule has 1 aromatic rings. The molecule has 1 aromatic carbocycles. The third-order valence-electron chi connectivity index (χ3n) is 1.66. The van der Waals surface area contributed by atoms with Crippen LogP contribution in [0.5, 0.6) is 5.75 Å². The number of hydrogen-bond acceptors (Lipinski definition) is 3. The SMILES string of the molecule is N#Cc1c(CC(=O)O)ccc(O)c1Br. The summed E-state index contributed by atoms with van der Waals surface area (Å²) in [7, 11) is 0. The summed E-state index contributed by atoms with van der Waals surface area (Å²) >= 11 is 3.02. The van der Waals surface area contributed by atoms with Gasteiger partial charge in [-0.2, -0.15) is 5.26 Å². The maximum Gasteiger partial charge on any atom is 0.307 e. The van der Waals surface area contributed by atoms with Crippen molar-refractivity contribution in [2.75, 3.05) is 0 Å².